The molecule has 1 aromatic heterocycles. The number of rotatable bonds is 4. The van der Waals surface area contributed by atoms with Crippen molar-refractivity contribution in [2.24, 2.45) is 0 Å². The fourth-order valence-electron chi connectivity index (χ4n) is 1.63. The van der Waals surface area contributed by atoms with Crippen LogP contribution in [0, 0.1) is 11.3 Å². The van der Waals surface area contributed by atoms with Gasteiger partial charge in [0.2, 0.25) is 5.91 Å². The smallest absolute Gasteiger partial charge is 0.221 e. The Hall–Kier alpha value is -2.32. The number of aromatic nitrogens is 1. The van der Waals surface area contributed by atoms with Gasteiger partial charge in [-0.3, -0.25) is 4.79 Å². The van der Waals surface area contributed by atoms with E-state index in [9.17, 15) is 4.79 Å². The Kier molecular flexibility index (Phi) is 4.75. The van der Waals surface area contributed by atoms with Crippen LogP contribution in [0.3, 0.4) is 0 Å². The number of pyridine rings is 1. The van der Waals surface area contributed by atoms with Gasteiger partial charge in [-0.15, -0.1) is 11.8 Å². The zero-order valence-electron chi connectivity index (χ0n) is 11.0. The number of hydrogen-bond acceptors (Lipinski definition) is 4. The van der Waals surface area contributed by atoms with E-state index >= 15 is 0 Å². The lowest BCUT2D eigenvalue weighted by molar-refractivity contribution is -0.114. The third-order valence-corrected chi connectivity index (χ3v) is 3.60. The van der Waals surface area contributed by atoms with E-state index in [2.05, 4.69) is 10.3 Å². The van der Waals surface area contributed by atoms with Gasteiger partial charge in [-0.05, 0) is 42.0 Å². The molecule has 0 saturated carbocycles. The highest BCUT2D eigenvalue weighted by molar-refractivity contribution is 7.98. The second kappa shape index (κ2) is 6.73. The van der Waals surface area contributed by atoms with Gasteiger partial charge in [-0.2, -0.15) is 5.26 Å². The minimum absolute atomic E-state index is 0.0776. The fourth-order valence-corrected chi connectivity index (χ4v) is 2.47. The van der Waals surface area contributed by atoms with Crippen LogP contribution >= 0.6 is 11.8 Å². The maximum absolute atomic E-state index is 10.9. The summed E-state index contributed by atoms with van der Waals surface area (Å²) in [7, 11) is 0. The van der Waals surface area contributed by atoms with Crippen LogP contribution in [-0.4, -0.2) is 10.9 Å². The molecule has 1 heterocycles. The van der Waals surface area contributed by atoms with E-state index < -0.39 is 0 Å². The molecule has 0 atom stereocenters. The highest BCUT2D eigenvalue weighted by atomic mass is 32.2. The van der Waals surface area contributed by atoms with Crippen LogP contribution in [0.4, 0.5) is 5.69 Å². The summed E-state index contributed by atoms with van der Waals surface area (Å²) in [6, 6.07) is 13.4. The Morgan fingerprint density at radius 3 is 2.75 bits per heavy atom. The lowest BCUT2D eigenvalue weighted by atomic mass is 10.2. The van der Waals surface area contributed by atoms with Crippen LogP contribution in [-0.2, 0) is 10.5 Å². The molecule has 0 aliphatic rings. The van der Waals surface area contributed by atoms with Crippen molar-refractivity contribution in [3.63, 3.8) is 0 Å². The van der Waals surface area contributed by atoms with E-state index in [1.807, 2.05) is 36.4 Å². The zero-order chi connectivity index (χ0) is 14.4. The number of benzene rings is 1. The Morgan fingerprint density at radius 2 is 2.10 bits per heavy atom. The molecule has 0 unspecified atom stereocenters. The summed E-state index contributed by atoms with van der Waals surface area (Å²) in [4.78, 5) is 16.0. The second-order valence-corrected chi connectivity index (χ2v) is 5.20. The molecule has 100 valence electrons. The average Bonchev–Trinajstić information content (AvgIpc) is 2.46. The number of nitrogens with zero attached hydrogens (tertiary/aromatic N) is 2. The Balaban J connectivity index is 1.97. The van der Waals surface area contributed by atoms with Crippen molar-refractivity contribution in [2.45, 2.75) is 17.6 Å². The normalized spacial score (nSPS) is 9.80. The quantitative estimate of drug-likeness (QED) is 0.875. The minimum Gasteiger partial charge on any atom is -0.326 e. The Labute approximate surface area is 121 Å². The van der Waals surface area contributed by atoms with E-state index in [0.717, 1.165) is 21.9 Å². The number of anilines is 1. The molecule has 1 aromatic carbocycles. The van der Waals surface area contributed by atoms with Crippen molar-refractivity contribution in [3.05, 3.63) is 53.9 Å². The van der Waals surface area contributed by atoms with Crippen LogP contribution in [0.5, 0.6) is 0 Å². The van der Waals surface area contributed by atoms with Crippen molar-refractivity contribution >= 4 is 23.4 Å². The number of nitrogens with one attached hydrogen (secondary N) is 1. The van der Waals surface area contributed by atoms with E-state index in [-0.39, 0.29) is 5.91 Å². The highest BCUT2D eigenvalue weighted by Gasteiger charge is 2.00. The molecule has 5 heteroatoms. The van der Waals surface area contributed by atoms with Gasteiger partial charge in [0.1, 0.15) is 11.8 Å². The molecule has 0 spiro atoms. The first kappa shape index (κ1) is 14.1. The summed E-state index contributed by atoms with van der Waals surface area (Å²) in [5.41, 5.74) is 2.29. The van der Waals surface area contributed by atoms with Crippen LogP contribution in [0.25, 0.3) is 0 Å². The van der Waals surface area contributed by atoms with Crippen LogP contribution in [0.1, 0.15) is 18.2 Å². The maximum Gasteiger partial charge on any atom is 0.221 e. The van der Waals surface area contributed by atoms with Crippen molar-refractivity contribution in [1.82, 2.24) is 4.98 Å². The number of thioether (sulfide) groups is 1. The van der Waals surface area contributed by atoms with Crippen molar-refractivity contribution in [1.29, 1.82) is 5.26 Å². The van der Waals surface area contributed by atoms with E-state index in [4.69, 9.17) is 5.26 Å². The Bertz CT molecular complexity index is 647. The summed E-state index contributed by atoms with van der Waals surface area (Å²) in [6.45, 7) is 1.48. The lowest BCUT2D eigenvalue weighted by Gasteiger charge is -2.05. The van der Waals surface area contributed by atoms with Crippen LogP contribution < -0.4 is 5.32 Å². The standard InChI is InChI=1S/C15H13N3OS/c1-11(19)18-13-2-4-15(5-3-13)20-10-12-6-7-17-14(8-12)9-16/h2-8H,10H2,1H3,(H,18,19). The largest absolute Gasteiger partial charge is 0.326 e. The lowest BCUT2D eigenvalue weighted by Crippen LogP contribution is -2.05. The van der Waals surface area contributed by atoms with E-state index in [1.54, 1.807) is 24.0 Å². The molecular formula is C15H13N3OS. The van der Waals surface area contributed by atoms with Gasteiger partial charge in [-0.1, -0.05) is 0 Å². The number of carbonyl (C=O) groups excluding carboxylic acids is 1. The van der Waals surface area contributed by atoms with Gasteiger partial charge in [-0.25, -0.2) is 4.98 Å². The van der Waals surface area contributed by atoms with Crippen molar-refractivity contribution in [2.75, 3.05) is 5.32 Å². The molecule has 0 fully saturated rings. The van der Waals surface area contributed by atoms with E-state index in [1.165, 1.54) is 6.92 Å². The summed E-state index contributed by atoms with van der Waals surface area (Å²) < 4.78 is 0. The summed E-state index contributed by atoms with van der Waals surface area (Å²) in [5.74, 6) is 0.697. The number of carbonyl (C=O) groups is 1. The van der Waals surface area contributed by atoms with Gasteiger partial charge >= 0.3 is 0 Å². The van der Waals surface area contributed by atoms with E-state index in [0.29, 0.717) is 5.69 Å². The van der Waals surface area contributed by atoms with Gasteiger partial charge in [0.05, 0.1) is 0 Å². The predicted molar refractivity (Wildman–Crippen MR) is 79.3 cm³/mol. The molecule has 1 amide bonds. The topological polar surface area (TPSA) is 65.8 Å². The zero-order valence-corrected chi connectivity index (χ0v) is 11.8. The number of amides is 1. The van der Waals surface area contributed by atoms with Crippen LogP contribution in [0.2, 0.25) is 0 Å². The molecule has 0 aliphatic heterocycles. The number of hydrogen-bond donors (Lipinski definition) is 1. The monoisotopic (exact) mass is 283 g/mol. The minimum atomic E-state index is -0.0776. The molecule has 0 saturated heterocycles. The van der Waals surface area contributed by atoms with Gasteiger partial charge in [0, 0.05) is 29.5 Å². The first-order valence-corrected chi connectivity index (χ1v) is 7.01. The summed E-state index contributed by atoms with van der Waals surface area (Å²) in [6.07, 6.45) is 1.65. The van der Waals surface area contributed by atoms with Crippen LogP contribution in [0.15, 0.2) is 47.5 Å². The molecule has 2 rings (SSSR count). The molecule has 20 heavy (non-hydrogen) atoms. The molecule has 0 radical (unpaired) electrons. The highest BCUT2D eigenvalue weighted by Crippen LogP contribution is 2.24. The fraction of sp³-hybridized carbons (Fsp3) is 0.133. The molecule has 1 N–H and O–H groups in total. The first-order valence-electron chi connectivity index (χ1n) is 6.03. The van der Waals surface area contributed by atoms with Gasteiger partial charge < -0.3 is 5.32 Å². The summed E-state index contributed by atoms with van der Waals surface area (Å²) in [5, 5.41) is 11.5. The molecule has 0 aliphatic carbocycles. The number of nitriles is 1. The summed E-state index contributed by atoms with van der Waals surface area (Å²) >= 11 is 1.67. The average molecular weight is 283 g/mol. The van der Waals surface area contributed by atoms with Gasteiger partial charge in [0.25, 0.3) is 0 Å². The SMILES string of the molecule is CC(=O)Nc1ccc(SCc2ccnc(C#N)c2)cc1. The third-order valence-electron chi connectivity index (χ3n) is 2.52. The molecule has 4 nitrogen and oxygen atoms in total. The molecule has 0 bridgehead atoms. The Morgan fingerprint density at radius 1 is 1.35 bits per heavy atom. The molecular weight excluding hydrogens is 270 g/mol. The third kappa shape index (κ3) is 4.11. The van der Waals surface area contributed by atoms with Gasteiger partial charge in [0.15, 0.2) is 0 Å². The second-order valence-electron chi connectivity index (χ2n) is 4.16. The van der Waals surface area contributed by atoms with Crippen molar-refractivity contribution in [3.8, 4) is 6.07 Å². The molecule has 2 aromatic rings. The maximum atomic E-state index is 10.9. The predicted octanol–water partition coefficient (Wildman–Crippen LogP) is 3.20. The first-order chi connectivity index (χ1) is 9.67. The van der Waals surface area contributed by atoms with Crippen molar-refractivity contribution < 1.29 is 4.79 Å².